The molecule has 0 spiro atoms. The second kappa shape index (κ2) is 8.06. The van der Waals surface area contributed by atoms with E-state index in [1.807, 2.05) is 36.4 Å². The average molecular weight is 516 g/mol. The summed E-state index contributed by atoms with van der Waals surface area (Å²) in [4.78, 5) is 55.7. The van der Waals surface area contributed by atoms with Crippen LogP contribution in [0, 0.1) is 11.8 Å². The van der Waals surface area contributed by atoms with E-state index in [-0.39, 0.29) is 17.0 Å². The molecular weight excluding hydrogens is 494 g/mol. The van der Waals surface area contributed by atoms with Gasteiger partial charge in [-0.1, -0.05) is 84.9 Å². The van der Waals surface area contributed by atoms with E-state index in [4.69, 9.17) is 4.74 Å². The minimum Gasteiger partial charge on any atom is -0.478 e. The first-order valence-electron chi connectivity index (χ1n) is 12.6. The highest BCUT2D eigenvalue weighted by Crippen LogP contribution is 2.66. The number of amides is 2. The summed E-state index contributed by atoms with van der Waals surface area (Å²) in [6.45, 7) is 0. The largest absolute Gasteiger partial charge is 0.478 e. The van der Waals surface area contributed by atoms with Crippen molar-refractivity contribution >= 4 is 29.3 Å². The minimum absolute atomic E-state index is 0.0314. The number of carboxylic acids is 1. The number of carbonyl (C=O) groups is 4. The Hall–Kier alpha value is -4.88. The topological polar surface area (TPSA) is 101 Å². The number of imide groups is 1. The number of fused-ring (bicyclic) bond motifs is 7. The third kappa shape index (κ3) is 2.85. The quantitative estimate of drug-likeness (QED) is 0.400. The normalized spacial score (nSPS) is 26.9. The fraction of sp³-hybridized carbons (Fsp3) is 0.125. The molecule has 2 fully saturated rings. The first-order chi connectivity index (χ1) is 18.9. The van der Waals surface area contributed by atoms with E-state index in [1.54, 1.807) is 48.5 Å². The van der Waals surface area contributed by atoms with Crippen molar-refractivity contribution in [2.75, 3.05) is 4.90 Å². The van der Waals surface area contributed by atoms with E-state index >= 15 is 0 Å². The molecule has 2 amide bonds. The number of anilines is 1. The second-order valence-corrected chi connectivity index (χ2v) is 10.00. The predicted octanol–water partition coefficient (Wildman–Crippen LogP) is 4.56. The summed E-state index contributed by atoms with van der Waals surface area (Å²) >= 11 is 0. The number of ether oxygens (including phenoxy) is 1. The van der Waals surface area contributed by atoms with E-state index < -0.39 is 40.8 Å². The Labute approximate surface area is 223 Å². The van der Waals surface area contributed by atoms with Gasteiger partial charge in [0.1, 0.15) is 5.60 Å². The Kier molecular flexibility index (Phi) is 4.80. The molecule has 3 aliphatic rings. The summed E-state index contributed by atoms with van der Waals surface area (Å²) in [6.07, 6.45) is 0. The average Bonchev–Trinajstić information content (AvgIpc) is 3.43. The molecule has 1 N–H and O–H groups in total. The summed E-state index contributed by atoms with van der Waals surface area (Å²) in [5.74, 6) is -4.73. The first-order valence-corrected chi connectivity index (χ1v) is 12.6. The SMILES string of the molecule is O=C(O)c1ccc(N2C(=O)[C@H]3[C@H](C2=O)[C@]2(c4ccccc4)O[C@@]3(c3ccccc3)c3ccccc3C2=O)cc1. The molecule has 0 saturated carbocycles. The van der Waals surface area contributed by atoms with Crippen LogP contribution in [0.2, 0.25) is 0 Å². The number of hydrogen-bond acceptors (Lipinski definition) is 5. The minimum atomic E-state index is -1.74. The van der Waals surface area contributed by atoms with Crippen molar-refractivity contribution in [3.8, 4) is 0 Å². The highest BCUT2D eigenvalue weighted by molar-refractivity contribution is 6.26. The smallest absolute Gasteiger partial charge is 0.335 e. The third-order valence-corrected chi connectivity index (χ3v) is 8.19. The maximum absolute atomic E-state index is 14.5. The van der Waals surface area contributed by atoms with Gasteiger partial charge in [0.25, 0.3) is 0 Å². The van der Waals surface area contributed by atoms with Gasteiger partial charge in [0.15, 0.2) is 5.60 Å². The lowest BCUT2D eigenvalue weighted by atomic mass is 9.72. The Morgan fingerprint density at radius 3 is 1.77 bits per heavy atom. The fourth-order valence-corrected chi connectivity index (χ4v) is 6.63. The third-order valence-electron chi connectivity index (χ3n) is 8.19. The van der Waals surface area contributed by atoms with Crippen LogP contribution < -0.4 is 4.90 Å². The zero-order valence-electron chi connectivity index (χ0n) is 20.5. The van der Waals surface area contributed by atoms with Crippen LogP contribution in [0.25, 0.3) is 0 Å². The fourth-order valence-electron chi connectivity index (χ4n) is 6.63. The Balaban J connectivity index is 1.53. The molecule has 4 aromatic carbocycles. The summed E-state index contributed by atoms with van der Waals surface area (Å²) < 4.78 is 6.93. The Morgan fingerprint density at radius 2 is 1.18 bits per heavy atom. The van der Waals surface area contributed by atoms with Gasteiger partial charge in [-0.05, 0) is 35.4 Å². The van der Waals surface area contributed by atoms with Crippen LogP contribution in [-0.2, 0) is 25.5 Å². The molecule has 0 aromatic heterocycles. The van der Waals surface area contributed by atoms with Crippen LogP contribution >= 0.6 is 0 Å². The number of ketones is 1. The summed E-state index contributed by atoms with van der Waals surface area (Å²) in [5.41, 5.74) is -0.733. The van der Waals surface area contributed by atoms with E-state index in [1.165, 1.54) is 24.3 Å². The molecule has 0 aliphatic carbocycles. The van der Waals surface area contributed by atoms with Crippen molar-refractivity contribution < 1.29 is 29.0 Å². The predicted molar refractivity (Wildman–Crippen MR) is 140 cm³/mol. The van der Waals surface area contributed by atoms with E-state index in [2.05, 4.69) is 0 Å². The number of aromatic carboxylic acids is 1. The molecule has 2 bridgehead atoms. The van der Waals surface area contributed by atoms with Gasteiger partial charge < -0.3 is 9.84 Å². The lowest BCUT2D eigenvalue weighted by molar-refractivity contribution is -0.136. The van der Waals surface area contributed by atoms with E-state index in [0.717, 1.165) is 4.90 Å². The van der Waals surface area contributed by atoms with Gasteiger partial charge in [0.05, 0.1) is 23.1 Å². The number of benzene rings is 4. The first kappa shape index (κ1) is 23.3. The zero-order valence-corrected chi connectivity index (χ0v) is 20.5. The van der Waals surface area contributed by atoms with E-state index in [0.29, 0.717) is 22.3 Å². The molecule has 0 radical (unpaired) electrons. The maximum atomic E-state index is 14.5. The van der Waals surface area contributed by atoms with Gasteiger partial charge in [-0.25, -0.2) is 9.69 Å². The number of carbonyl (C=O) groups excluding carboxylic acids is 3. The number of carboxylic acid groups (broad SMARTS) is 1. The monoisotopic (exact) mass is 515 g/mol. The van der Waals surface area contributed by atoms with Crippen molar-refractivity contribution in [1.29, 1.82) is 0 Å². The molecule has 4 aromatic rings. The molecule has 4 atom stereocenters. The zero-order chi connectivity index (χ0) is 26.9. The van der Waals surface area contributed by atoms with Crippen molar-refractivity contribution in [3.63, 3.8) is 0 Å². The van der Waals surface area contributed by atoms with Gasteiger partial charge >= 0.3 is 5.97 Å². The highest BCUT2D eigenvalue weighted by Gasteiger charge is 2.78. The van der Waals surface area contributed by atoms with Gasteiger partial charge in [0.2, 0.25) is 17.6 Å². The lowest BCUT2D eigenvalue weighted by Gasteiger charge is -2.43. The van der Waals surface area contributed by atoms with Crippen LogP contribution in [0.3, 0.4) is 0 Å². The molecule has 0 unspecified atom stereocenters. The van der Waals surface area contributed by atoms with Crippen LogP contribution in [0.15, 0.2) is 109 Å². The molecule has 7 nitrogen and oxygen atoms in total. The molecule has 3 aliphatic heterocycles. The van der Waals surface area contributed by atoms with Gasteiger partial charge in [-0.2, -0.15) is 0 Å². The highest BCUT2D eigenvalue weighted by atomic mass is 16.5. The molecule has 3 heterocycles. The summed E-state index contributed by atoms with van der Waals surface area (Å²) in [7, 11) is 0. The molecule has 190 valence electrons. The summed E-state index contributed by atoms with van der Waals surface area (Å²) in [5, 5.41) is 9.33. The Bertz CT molecular complexity index is 1680. The Morgan fingerprint density at radius 1 is 0.667 bits per heavy atom. The summed E-state index contributed by atoms with van der Waals surface area (Å²) in [6, 6.07) is 30.8. The van der Waals surface area contributed by atoms with Gasteiger partial charge in [0, 0.05) is 11.1 Å². The van der Waals surface area contributed by atoms with Crippen LogP contribution in [0.1, 0.15) is 37.4 Å². The van der Waals surface area contributed by atoms with Crippen molar-refractivity contribution in [1.82, 2.24) is 0 Å². The van der Waals surface area contributed by atoms with Gasteiger partial charge in [-0.15, -0.1) is 0 Å². The van der Waals surface area contributed by atoms with Crippen LogP contribution in [0.4, 0.5) is 5.69 Å². The number of hydrogen-bond donors (Lipinski definition) is 1. The van der Waals surface area contributed by atoms with Crippen molar-refractivity contribution in [3.05, 3.63) is 137 Å². The number of rotatable bonds is 4. The standard InChI is InChI=1S/C32H21NO6/c34-27-23-13-7-8-14-24(23)31(20-9-3-1-4-10-20)25-26(32(27,39-31)21-11-5-2-6-12-21)29(36)33(28(25)35)22-17-15-19(16-18-22)30(37)38/h1-18,25-26H,(H,37,38)/t25-,26-,31+,32+/m1/s1. The van der Waals surface area contributed by atoms with E-state index in [9.17, 15) is 24.3 Å². The van der Waals surface area contributed by atoms with Crippen LogP contribution in [0.5, 0.6) is 0 Å². The van der Waals surface area contributed by atoms with Crippen LogP contribution in [-0.4, -0.2) is 28.7 Å². The van der Waals surface area contributed by atoms with Crippen molar-refractivity contribution in [2.24, 2.45) is 11.8 Å². The lowest BCUT2D eigenvalue weighted by Crippen LogP contribution is -2.51. The number of nitrogens with zero attached hydrogens (tertiary/aromatic N) is 1. The number of Topliss-reactive ketones (excluding diaryl/α,β-unsaturated/α-hetero) is 1. The molecular formula is C32H21NO6. The second-order valence-electron chi connectivity index (χ2n) is 10.00. The molecule has 7 heteroatoms. The molecule has 7 rings (SSSR count). The van der Waals surface area contributed by atoms with Gasteiger partial charge in [-0.3, -0.25) is 14.4 Å². The maximum Gasteiger partial charge on any atom is 0.335 e. The molecule has 39 heavy (non-hydrogen) atoms. The molecule has 2 saturated heterocycles. The van der Waals surface area contributed by atoms with Crippen molar-refractivity contribution in [2.45, 2.75) is 11.2 Å².